The Balaban J connectivity index is 1.52. The smallest absolute Gasteiger partial charge is 0.410 e. The van der Waals surface area contributed by atoms with Gasteiger partial charge >= 0.3 is 6.18 Å². The SMILES string of the molecule is CC1Cc2ccccc2N1C(=O)c1cc2n(n1)[C@H](C(F)(F)F)C[C@H](c1ccco1)N2. The van der Waals surface area contributed by atoms with Crippen LogP contribution in [0.3, 0.4) is 0 Å². The van der Waals surface area contributed by atoms with Crippen molar-refractivity contribution in [3.05, 3.63) is 65.7 Å². The molecule has 0 radical (unpaired) electrons. The maximum absolute atomic E-state index is 13.8. The van der Waals surface area contributed by atoms with Crippen LogP contribution in [0.5, 0.6) is 0 Å². The second-order valence-corrected chi connectivity index (χ2v) is 7.72. The molecule has 1 amide bonds. The van der Waals surface area contributed by atoms with Crippen LogP contribution >= 0.6 is 0 Å². The Labute approximate surface area is 170 Å². The van der Waals surface area contributed by atoms with Crippen LogP contribution in [0.15, 0.2) is 53.1 Å². The number of carbonyl (C=O) groups is 1. The van der Waals surface area contributed by atoms with E-state index in [0.29, 0.717) is 12.2 Å². The first-order valence-corrected chi connectivity index (χ1v) is 9.70. The van der Waals surface area contributed by atoms with Gasteiger partial charge in [0, 0.05) is 24.2 Å². The van der Waals surface area contributed by atoms with Gasteiger partial charge in [0.05, 0.1) is 12.3 Å². The van der Waals surface area contributed by atoms with Gasteiger partial charge in [-0.2, -0.15) is 18.3 Å². The molecule has 2 aromatic heterocycles. The Morgan fingerprint density at radius 3 is 2.77 bits per heavy atom. The van der Waals surface area contributed by atoms with Gasteiger partial charge in [-0.25, -0.2) is 4.68 Å². The third kappa shape index (κ3) is 2.96. The molecule has 156 valence electrons. The molecule has 1 aromatic carbocycles. The summed E-state index contributed by atoms with van der Waals surface area (Å²) in [5.74, 6) is 0.145. The van der Waals surface area contributed by atoms with Crippen molar-refractivity contribution >= 4 is 17.4 Å². The average molecular weight is 416 g/mol. The van der Waals surface area contributed by atoms with Crippen molar-refractivity contribution in [2.75, 3.05) is 10.2 Å². The predicted octanol–water partition coefficient (Wildman–Crippen LogP) is 4.73. The van der Waals surface area contributed by atoms with Crippen LogP contribution in [-0.4, -0.2) is 27.9 Å². The number of amides is 1. The molecule has 1 unspecified atom stereocenters. The maximum atomic E-state index is 13.8. The molecule has 6 nitrogen and oxygen atoms in total. The number of benzene rings is 1. The lowest BCUT2D eigenvalue weighted by Gasteiger charge is -2.32. The fourth-order valence-electron chi connectivity index (χ4n) is 4.35. The van der Waals surface area contributed by atoms with Gasteiger partial charge in [-0.3, -0.25) is 4.79 Å². The highest BCUT2D eigenvalue weighted by molar-refractivity contribution is 6.07. The highest BCUT2D eigenvalue weighted by atomic mass is 19.4. The Kier molecular flexibility index (Phi) is 4.16. The van der Waals surface area contributed by atoms with Gasteiger partial charge in [0.1, 0.15) is 11.6 Å². The Morgan fingerprint density at radius 1 is 1.23 bits per heavy atom. The highest BCUT2D eigenvalue weighted by Gasteiger charge is 2.47. The van der Waals surface area contributed by atoms with E-state index in [2.05, 4.69) is 10.4 Å². The molecule has 5 rings (SSSR count). The second-order valence-electron chi connectivity index (χ2n) is 7.72. The van der Waals surface area contributed by atoms with Crippen molar-refractivity contribution in [3.8, 4) is 0 Å². The number of furan rings is 1. The van der Waals surface area contributed by atoms with Crippen LogP contribution in [0.1, 0.15) is 47.2 Å². The zero-order valence-corrected chi connectivity index (χ0v) is 16.1. The summed E-state index contributed by atoms with van der Waals surface area (Å²) in [5, 5.41) is 7.11. The summed E-state index contributed by atoms with van der Waals surface area (Å²) in [6.45, 7) is 1.91. The molecule has 0 spiro atoms. The predicted molar refractivity (Wildman–Crippen MR) is 103 cm³/mol. The third-order valence-corrected chi connectivity index (χ3v) is 5.72. The van der Waals surface area contributed by atoms with Gasteiger partial charge in [-0.05, 0) is 37.1 Å². The molecular weight excluding hydrogens is 397 g/mol. The standard InChI is InChI=1S/C21H19F3N4O2/c1-12-9-13-5-2-3-6-16(13)27(12)20(29)15-11-19-25-14(17-7-4-8-30-17)10-18(21(22,23)24)28(19)26-15/h2-8,11-12,14,18,25H,9-10H2,1H3/t12?,14-,18+/m1/s1. The van der Waals surface area contributed by atoms with Gasteiger partial charge in [0.15, 0.2) is 11.7 Å². The molecule has 2 aliphatic rings. The number of anilines is 2. The molecule has 3 atom stereocenters. The summed E-state index contributed by atoms with van der Waals surface area (Å²) < 4.78 is 47.5. The highest BCUT2D eigenvalue weighted by Crippen LogP contribution is 2.44. The first-order valence-electron chi connectivity index (χ1n) is 9.70. The third-order valence-electron chi connectivity index (χ3n) is 5.72. The summed E-state index contributed by atoms with van der Waals surface area (Å²) in [7, 11) is 0. The molecule has 0 fully saturated rings. The molecule has 9 heteroatoms. The van der Waals surface area contributed by atoms with Gasteiger partial charge < -0.3 is 14.6 Å². The Morgan fingerprint density at radius 2 is 2.03 bits per heavy atom. The number of hydrogen-bond acceptors (Lipinski definition) is 4. The summed E-state index contributed by atoms with van der Waals surface area (Å²) >= 11 is 0. The number of alkyl halides is 3. The largest absolute Gasteiger partial charge is 0.467 e. The van der Waals surface area contributed by atoms with E-state index >= 15 is 0 Å². The normalized spacial score (nSPS) is 23.1. The van der Waals surface area contributed by atoms with E-state index in [1.165, 1.54) is 12.3 Å². The lowest BCUT2D eigenvalue weighted by molar-refractivity contribution is -0.174. The number of fused-ring (bicyclic) bond motifs is 2. The number of hydrogen-bond donors (Lipinski definition) is 1. The summed E-state index contributed by atoms with van der Waals surface area (Å²) in [4.78, 5) is 14.8. The van der Waals surface area contributed by atoms with E-state index in [1.54, 1.807) is 17.0 Å². The summed E-state index contributed by atoms with van der Waals surface area (Å²) in [6.07, 6.45) is -2.67. The van der Waals surface area contributed by atoms with Gasteiger partial charge in [0.25, 0.3) is 5.91 Å². The topological polar surface area (TPSA) is 63.3 Å². The van der Waals surface area contributed by atoms with E-state index in [-0.39, 0.29) is 24.0 Å². The molecule has 1 N–H and O–H groups in total. The van der Waals surface area contributed by atoms with Crippen molar-refractivity contribution in [2.24, 2.45) is 0 Å². The minimum absolute atomic E-state index is 0.0182. The first-order chi connectivity index (χ1) is 14.3. The molecule has 0 saturated heterocycles. The zero-order chi connectivity index (χ0) is 21.0. The number of rotatable bonds is 2. The number of aromatic nitrogens is 2. The number of nitrogens with one attached hydrogen (secondary N) is 1. The van der Waals surface area contributed by atoms with Crippen LogP contribution < -0.4 is 10.2 Å². The van der Waals surface area contributed by atoms with Gasteiger partial charge in [-0.15, -0.1) is 0 Å². The first kappa shape index (κ1) is 18.8. The number of para-hydroxylation sites is 1. The Bertz CT molecular complexity index is 1090. The number of carbonyl (C=O) groups excluding carboxylic acids is 1. The fourth-order valence-corrected chi connectivity index (χ4v) is 4.35. The monoisotopic (exact) mass is 416 g/mol. The fraction of sp³-hybridized carbons (Fsp3) is 0.333. The number of halogens is 3. The molecule has 4 heterocycles. The minimum atomic E-state index is -4.51. The molecular formula is C21H19F3N4O2. The van der Waals surface area contributed by atoms with Crippen molar-refractivity contribution < 1.29 is 22.4 Å². The van der Waals surface area contributed by atoms with Crippen molar-refractivity contribution in [1.82, 2.24) is 9.78 Å². The quantitative estimate of drug-likeness (QED) is 0.656. The number of nitrogens with zero attached hydrogens (tertiary/aromatic N) is 3. The molecule has 3 aromatic rings. The minimum Gasteiger partial charge on any atom is -0.467 e. The molecule has 2 aliphatic heterocycles. The Hall–Kier alpha value is -3.23. The van der Waals surface area contributed by atoms with Crippen molar-refractivity contribution in [3.63, 3.8) is 0 Å². The summed E-state index contributed by atoms with van der Waals surface area (Å²) in [6, 6.07) is 9.58. The molecule has 0 aliphatic carbocycles. The van der Waals surface area contributed by atoms with Crippen LogP contribution in [0, 0.1) is 0 Å². The van der Waals surface area contributed by atoms with E-state index in [9.17, 15) is 18.0 Å². The molecule has 0 bridgehead atoms. The van der Waals surface area contributed by atoms with Crippen LogP contribution in [0.25, 0.3) is 0 Å². The van der Waals surface area contributed by atoms with E-state index in [1.807, 2.05) is 31.2 Å². The van der Waals surface area contributed by atoms with E-state index < -0.39 is 24.2 Å². The lowest BCUT2D eigenvalue weighted by atomic mass is 10.0. The maximum Gasteiger partial charge on any atom is 0.410 e. The van der Waals surface area contributed by atoms with Crippen LogP contribution in [0.2, 0.25) is 0 Å². The summed E-state index contributed by atoms with van der Waals surface area (Å²) in [5.41, 5.74) is 1.79. The zero-order valence-electron chi connectivity index (χ0n) is 16.1. The van der Waals surface area contributed by atoms with E-state index in [4.69, 9.17) is 4.42 Å². The second kappa shape index (κ2) is 6.65. The van der Waals surface area contributed by atoms with Crippen LogP contribution in [0.4, 0.5) is 24.7 Å². The average Bonchev–Trinajstić information content (AvgIpc) is 3.43. The van der Waals surface area contributed by atoms with E-state index in [0.717, 1.165) is 15.9 Å². The molecule has 0 saturated carbocycles. The molecule has 30 heavy (non-hydrogen) atoms. The lowest BCUT2D eigenvalue weighted by Crippen LogP contribution is -2.37. The van der Waals surface area contributed by atoms with Gasteiger partial charge in [0.2, 0.25) is 0 Å². The van der Waals surface area contributed by atoms with Crippen molar-refractivity contribution in [1.29, 1.82) is 0 Å². The van der Waals surface area contributed by atoms with Crippen molar-refractivity contribution in [2.45, 2.75) is 44.1 Å². The van der Waals surface area contributed by atoms with Crippen LogP contribution in [-0.2, 0) is 6.42 Å². The van der Waals surface area contributed by atoms with Gasteiger partial charge in [-0.1, -0.05) is 18.2 Å².